The molecule has 8 heteroatoms. The number of hydrogen-bond acceptors (Lipinski definition) is 5. The average molecular weight is 413 g/mol. The summed E-state index contributed by atoms with van der Waals surface area (Å²) >= 11 is 0. The van der Waals surface area contributed by atoms with Gasteiger partial charge in [-0.25, -0.2) is 9.37 Å². The molecule has 1 saturated heterocycles. The molecule has 0 saturated carbocycles. The van der Waals surface area contributed by atoms with Crippen LogP contribution in [0.5, 0.6) is 0 Å². The number of nitrogens with zero attached hydrogens (tertiary/aromatic N) is 1. The number of nitrogens with two attached hydrogens (primary N) is 1. The van der Waals surface area contributed by atoms with Gasteiger partial charge in [0.25, 0.3) is 0 Å². The number of hydrogen-bond donors (Lipinski definition) is 4. The van der Waals surface area contributed by atoms with E-state index < -0.39 is 6.04 Å². The van der Waals surface area contributed by atoms with Gasteiger partial charge in [-0.3, -0.25) is 9.59 Å². The summed E-state index contributed by atoms with van der Waals surface area (Å²) in [5.74, 6) is 0.0157. The van der Waals surface area contributed by atoms with Gasteiger partial charge in [0, 0.05) is 12.2 Å². The minimum Gasteiger partial charge on any atom is -0.384 e. The fraction of sp³-hybridized carbons (Fsp3) is 0.409. The number of amides is 2. The molecule has 1 aliphatic rings. The number of nitrogen functional groups attached to an aromatic ring is 1. The molecule has 1 aromatic heterocycles. The molecule has 0 spiro atoms. The summed E-state index contributed by atoms with van der Waals surface area (Å²) < 4.78 is 13.0. The van der Waals surface area contributed by atoms with Crippen LogP contribution in [0.15, 0.2) is 36.4 Å². The number of nitrogens with one attached hydrogen (secondary N) is 3. The Morgan fingerprint density at radius 3 is 2.70 bits per heavy atom. The summed E-state index contributed by atoms with van der Waals surface area (Å²) in [6.07, 6.45) is 1.45. The zero-order valence-electron chi connectivity index (χ0n) is 17.2. The van der Waals surface area contributed by atoms with E-state index >= 15 is 0 Å². The quantitative estimate of drug-likeness (QED) is 0.549. The first-order valence-corrected chi connectivity index (χ1v) is 10.1. The molecule has 7 nitrogen and oxygen atoms in total. The van der Waals surface area contributed by atoms with Crippen molar-refractivity contribution in [1.82, 2.24) is 20.9 Å². The number of rotatable bonds is 7. The van der Waals surface area contributed by atoms with Gasteiger partial charge in [0.15, 0.2) is 0 Å². The van der Waals surface area contributed by atoms with Gasteiger partial charge < -0.3 is 21.7 Å². The Bertz CT molecular complexity index is 903. The molecule has 0 bridgehead atoms. The minimum atomic E-state index is -0.655. The lowest BCUT2D eigenvalue weighted by Gasteiger charge is -2.17. The van der Waals surface area contributed by atoms with Crippen molar-refractivity contribution in [3.05, 3.63) is 59.0 Å². The van der Waals surface area contributed by atoms with Crippen molar-refractivity contribution in [2.75, 3.05) is 12.3 Å². The van der Waals surface area contributed by atoms with Crippen molar-refractivity contribution in [3.63, 3.8) is 0 Å². The predicted molar refractivity (Wildman–Crippen MR) is 113 cm³/mol. The summed E-state index contributed by atoms with van der Waals surface area (Å²) in [6.45, 7) is 4.52. The van der Waals surface area contributed by atoms with Gasteiger partial charge in [0.2, 0.25) is 11.8 Å². The largest absolute Gasteiger partial charge is 0.384 e. The molecule has 3 atom stereocenters. The third-order valence-electron chi connectivity index (χ3n) is 5.40. The van der Waals surface area contributed by atoms with Crippen LogP contribution in [0.1, 0.15) is 30.2 Å². The van der Waals surface area contributed by atoms with Crippen molar-refractivity contribution in [3.8, 4) is 0 Å². The Morgan fingerprint density at radius 2 is 2.00 bits per heavy atom. The molecule has 2 aromatic rings. The van der Waals surface area contributed by atoms with E-state index in [4.69, 9.17) is 5.73 Å². The molecule has 0 radical (unpaired) electrons. The molecule has 1 aliphatic heterocycles. The topological polar surface area (TPSA) is 109 Å². The van der Waals surface area contributed by atoms with Gasteiger partial charge in [-0.05, 0) is 68.5 Å². The third kappa shape index (κ3) is 5.76. The second-order valence-electron chi connectivity index (χ2n) is 7.82. The standard InChI is InChI=1S/C22H28FN5O2/c1-13-17(5-8-20(24)27-13)12-26-21(29)14(2)28-22(30)19-10-16(11-25-19)9-15-3-6-18(23)7-4-15/h3-8,14,16,19,25H,9-12H2,1-2H3,(H2,24,27)(H,26,29)(H,28,30)/t14-,16-,19+/m0/s1. The van der Waals surface area contributed by atoms with Crippen molar-refractivity contribution in [2.24, 2.45) is 5.92 Å². The Morgan fingerprint density at radius 1 is 1.27 bits per heavy atom. The number of halogens is 1. The summed E-state index contributed by atoms with van der Waals surface area (Å²) in [4.78, 5) is 29.1. The van der Waals surface area contributed by atoms with Crippen LogP contribution in [0.3, 0.4) is 0 Å². The van der Waals surface area contributed by atoms with Crippen LogP contribution in [-0.4, -0.2) is 35.4 Å². The van der Waals surface area contributed by atoms with Crippen LogP contribution in [0.4, 0.5) is 10.2 Å². The fourth-order valence-electron chi connectivity index (χ4n) is 3.63. The van der Waals surface area contributed by atoms with Gasteiger partial charge in [-0.2, -0.15) is 0 Å². The van der Waals surface area contributed by atoms with Gasteiger partial charge in [-0.15, -0.1) is 0 Å². The molecule has 2 heterocycles. The van der Waals surface area contributed by atoms with E-state index in [1.807, 2.05) is 13.0 Å². The second kappa shape index (κ2) is 9.67. The van der Waals surface area contributed by atoms with Gasteiger partial charge in [0.1, 0.15) is 17.7 Å². The highest BCUT2D eigenvalue weighted by atomic mass is 19.1. The molecule has 1 fully saturated rings. The molecule has 30 heavy (non-hydrogen) atoms. The van der Waals surface area contributed by atoms with E-state index in [0.717, 1.165) is 23.2 Å². The zero-order valence-corrected chi connectivity index (χ0v) is 17.2. The lowest BCUT2D eigenvalue weighted by atomic mass is 9.96. The van der Waals surface area contributed by atoms with Crippen LogP contribution >= 0.6 is 0 Å². The maximum Gasteiger partial charge on any atom is 0.242 e. The molecule has 0 aliphatic carbocycles. The molecule has 0 unspecified atom stereocenters. The first-order valence-electron chi connectivity index (χ1n) is 10.1. The molecule has 1 aromatic carbocycles. The SMILES string of the molecule is Cc1nc(N)ccc1CNC(=O)[C@H](C)NC(=O)[C@H]1C[C@H](Cc2ccc(F)cc2)CN1. The highest BCUT2D eigenvalue weighted by Gasteiger charge is 2.30. The van der Waals surface area contributed by atoms with Crippen molar-refractivity contribution < 1.29 is 14.0 Å². The summed E-state index contributed by atoms with van der Waals surface area (Å²) in [5, 5.41) is 8.81. The van der Waals surface area contributed by atoms with E-state index in [-0.39, 0.29) is 29.6 Å². The Kier molecular flexibility index (Phi) is 6.99. The number of carbonyl (C=O) groups excluding carboxylic acids is 2. The van der Waals surface area contributed by atoms with Gasteiger partial charge in [0.05, 0.1) is 6.04 Å². The second-order valence-corrected chi connectivity index (χ2v) is 7.82. The van der Waals surface area contributed by atoms with E-state index in [0.29, 0.717) is 25.3 Å². The van der Waals surface area contributed by atoms with E-state index in [1.165, 1.54) is 12.1 Å². The van der Waals surface area contributed by atoms with Crippen molar-refractivity contribution in [1.29, 1.82) is 0 Å². The smallest absolute Gasteiger partial charge is 0.242 e. The third-order valence-corrected chi connectivity index (χ3v) is 5.40. The van der Waals surface area contributed by atoms with E-state index in [9.17, 15) is 14.0 Å². The molecular formula is C22H28FN5O2. The minimum absolute atomic E-state index is 0.190. The Hall–Kier alpha value is -3.00. The monoisotopic (exact) mass is 413 g/mol. The molecule has 160 valence electrons. The zero-order chi connectivity index (χ0) is 21.7. The lowest BCUT2D eigenvalue weighted by Crippen LogP contribution is -2.50. The number of carbonyl (C=O) groups is 2. The molecule has 3 rings (SSSR count). The number of pyridine rings is 1. The number of benzene rings is 1. The Labute approximate surface area is 175 Å². The van der Waals surface area contributed by atoms with Crippen LogP contribution in [0, 0.1) is 18.7 Å². The molecule has 2 amide bonds. The number of aryl methyl sites for hydroxylation is 1. The summed E-state index contributed by atoms with van der Waals surface area (Å²) in [5.41, 5.74) is 8.31. The lowest BCUT2D eigenvalue weighted by molar-refractivity contribution is -0.129. The van der Waals surface area contributed by atoms with Gasteiger partial charge in [-0.1, -0.05) is 18.2 Å². The average Bonchev–Trinajstić information content (AvgIpc) is 3.17. The van der Waals surface area contributed by atoms with Gasteiger partial charge >= 0.3 is 0 Å². The summed E-state index contributed by atoms with van der Waals surface area (Å²) in [6, 6.07) is 8.96. The van der Waals surface area contributed by atoms with Crippen LogP contribution in [0.2, 0.25) is 0 Å². The van der Waals surface area contributed by atoms with Crippen molar-refractivity contribution in [2.45, 2.75) is 45.3 Å². The number of anilines is 1. The number of aromatic nitrogens is 1. The first-order chi connectivity index (χ1) is 14.3. The van der Waals surface area contributed by atoms with E-state index in [1.54, 1.807) is 25.1 Å². The molecular weight excluding hydrogens is 385 g/mol. The predicted octanol–water partition coefficient (Wildman–Crippen LogP) is 1.45. The van der Waals surface area contributed by atoms with Crippen LogP contribution in [-0.2, 0) is 22.6 Å². The highest BCUT2D eigenvalue weighted by Crippen LogP contribution is 2.19. The van der Waals surface area contributed by atoms with Crippen LogP contribution in [0.25, 0.3) is 0 Å². The maximum absolute atomic E-state index is 13.0. The normalized spacial score (nSPS) is 19.3. The Balaban J connectivity index is 1.44. The maximum atomic E-state index is 13.0. The molecule has 5 N–H and O–H groups in total. The fourth-order valence-corrected chi connectivity index (χ4v) is 3.63. The summed E-state index contributed by atoms with van der Waals surface area (Å²) in [7, 11) is 0. The van der Waals surface area contributed by atoms with E-state index in [2.05, 4.69) is 20.9 Å². The van der Waals surface area contributed by atoms with Crippen molar-refractivity contribution >= 4 is 17.6 Å². The first kappa shape index (κ1) is 21.7. The van der Waals surface area contributed by atoms with Crippen LogP contribution < -0.4 is 21.7 Å². The highest BCUT2D eigenvalue weighted by molar-refractivity contribution is 5.89.